The summed E-state index contributed by atoms with van der Waals surface area (Å²) in [6.45, 7) is 4.83. The Hall–Kier alpha value is -3.06. The Balaban J connectivity index is 1.91. The van der Waals surface area contributed by atoms with E-state index in [1.54, 1.807) is 17.0 Å². The summed E-state index contributed by atoms with van der Waals surface area (Å²) in [4.78, 5) is 30.5. The molecule has 3 rings (SSSR count). The smallest absolute Gasteiger partial charge is 0.335 e. The van der Waals surface area contributed by atoms with E-state index in [0.29, 0.717) is 28.9 Å². The van der Waals surface area contributed by atoms with Crippen LogP contribution in [-0.2, 0) is 4.79 Å². The van der Waals surface area contributed by atoms with E-state index >= 15 is 0 Å². The second-order valence-electron chi connectivity index (χ2n) is 5.88. The first-order valence-electron chi connectivity index (χ1n) is 8.88. The summed E-state index contributed by atoms with van der Waals surface area (Å²) in [6, 6.07) is 13.8. The Labute approximate surface area is 167 Å². The van der Waals surface area contributed by atoms with Crippen LogP contribution in [0.5, 0.6) is 5.75 Å². The van der Waals surface area contributed by atoms with Gasteiger partial charge in [-0.3, -0.25) is 9.69 Å². The fourth-order valence-corrected chi connectivity index (χ4v) is 3.74. The maximum atomic E-state index is 12.8. The fraction of sp³-hybridized carbons (Fsp3) is 0.190. The van der Waals surface area contributed by atoms with Crippen LogP contribution in [0.4, 0.5) is 5.69 Å². The van der Waals surface area contributed by atoms with Crippen LogP contribution in [0, 0.1) is 0 Å². The number of para-hydroxylation sites is 1. The third-order valence-corrected chi connectivity index (χ3v) is 5.06. The number of thioether (sulfide) groups is 1. The van der Waals surface area contributed by atoms with Gasteiger partial charge in [0.1, 0.15) is 5.75 Å². The van der Waals surface area contributed by atoms with Crippen molar-refractivity contribution in [3.05, 3.63) is 64.6 Å². The Morgan fingerprint density at radius 3 is 2.54 bits per heavy atom. The molecule has 1 heterocycles. The molecule has 0 unspecified atom stereocenters. The minimum Gasteiger partial charge on any atom is -0.493 e. The van der Waals surface area contributed by atoms with Crippen molar-refractivity contribution in [2.24, 2.45) is 4.99 Å². The Morgan fingerprint density at radius 2 is 1.89 bits per heavy atom. The van der Waals surface area contributed by atoms with Gasteiger partial charge in [-0.05, 0) is 62.0 Å². The number of likely N-dealkylation sites (N-methyl/N-ethyl adjacent to an activating group) is 1. The number of carbonyl (C=O) groups excluding carboxylic acids is 1. The summed E-state index contributed by atoms with van der Waals surface area (Å²) >= 11 is 1.29. The van der Waals surface area contributed by atoms with Gasteiger partial charge in [0.05, 0.1) is 22.8 Å². The number of carbonyl (C=O) groups is 2. The molecule has 0 bridgehead atoms. The molecule has 6 nitrogen and oxygen atoms in total. The molecule has 1 amide bonds. The zero-order chi connectivity index (χ0) is 20.1. The van der Waals surface area contributed by atoms with Gasteiger partial charge in [-0.2, -0.15) is 0 Å². The van der Waals surface area contributed by atoms with Gasteiger partial charge in [0, 0.05) is 12.1 Å². The first-order valence-corrected chi connectivity index (χ1v) is 9.70. The van der Waals surface area contributed by atoms with Crippen molar-refractivity contribution in [1.29, 1.82) is 0 Å². The summed E-state index contributed by atoms with van der Waals surface area (Å²) in [6.07, 6.45) is 1.82. The molecule has 0 saturated carbocycles. The van der Waals surface area contributed by atoms with Crippen molar-refractivity contribution >= 4 is 40.6 Å². The van der Waals surface area contributed by atoms with Crippen LogP contribution in [0.25, 0.3) is 6.08 Å². The standard InChI is InChI=1S/C21H20N2O4S/c1-3-23-19(24)18(13-15-7-5-6-8-17(15)27-4-2)28-21(23)22-16-11-9-14(10-12-16)20(25)26/h5-13H,3-4H2,1-2H3,(H,25,26)/b18-13-,22-21?. The van der Waals surface area contributed by atoms with Gasteiger partial charge in [-0.1, -0.05) is 18.2 Å². The number of benzene rings is 2. The molecule has 0 aromatic heterocycles. The molecule has 144 valence electrons. The molecule has 2 aromatic rings. The van der Waals surface area contributed by atoms with E-state index < -0.39 is 5.97 Å². The summed E-state index contributed by atoms with van der Waals surface area (Å²) < 4.78 is 5.63. The Morgan fingerprint density at radius 1 is 1.18 bits per heavy atom. The van der Waals surface area contributed by atoms with Crippen molar-refractivity contribution in [2.45, 2.75) is 13.8 Å². The van der Waals surface area contributed by atoms with Crippen molar-refractivity contribution in [2.75, 3.05) is 13.2 Å². The zero-order valence-electron chi connectivity index (χ0n) is 15.6. The summed E-state index contributed by atoms with van der Waals surface area (Å²) in [5, 5.41) is 9.57. The average Bonchev–Trinajstić information content (AvgIpc) is 2.98. The number of aliphatic imine (C=N–C) groups is 1. The van der Waals surface area contributed by atoms with E-state index in [0.717, 1.165) is 11.3 Å². The number of rotatable bonds is 6. The highest BCUT2D eigenvalue weighted by Crippen LogP contribution is 2.35. The predicted molar refractivity (Wildman–Crippen MR) is 111 cm³/mol. The topological polar surface area (TPSA) is 79.2 Å². The third-order valence-electron chi connectivity index (χ3n) is 4.05. The van der Waals surface area contributed by atoms with Crippen LogP contribution in [-0.4, -0.2) is 40.2 Å². The van der Waals surface area contributed by atoms with Crippen molar-refractivity contribution in [3.8, 4) is 5.75 Å². The lowest BCUT2D eigenvalue weighted by molar-refractivity contribution is -0.122. The van der Waals surface area contributed by atoms with Crippen LogP contribution in [0.15, 0.2) is 58.4 Å². The highest BCUT2D eigenvalue weighted by molar-refractivity contribution is 8.18. The number of carboxylic acid groups (broad SMARTS) is 1. The second-order valence-corrected chi connectivity index (χ2v) is 6.89. The lowest BCUT2D eigenvalue weighted by Crippen LogP contribution is -2.28. The first-order chi connectivity index (χ1) is 13.5. The minimum absolute atomic E-state index is 0.111. The van der Waals surface area contributed by atoms with Gasteiger partial charge < -0.3 is 9.84 Å². The molecule has 0 radical (unpaired) electrons. The highest BCUT2D eigenvalue weighted by Gasteiger charge is 2.32. The van der Waals surface area contributed by atoms with Gasteiger partial charge in [-0.25, -0.2) is 9.79 Å². The molecule has 1 N–H and O–H groups in total. The number of amidine groups is 1. The molecule has 1 fully saturated rings. The minimum atomic E-state index is -0.988. The van der Waals surface area contributed by atoms with Crippen LogP contribution in [0.3, 0.4) is 0 Å². The number of hydrogen-bond donors (Lipinski definition) is 1. The van der Waals surface area contributed by atoms with Crippen LogP contribution in [0.1, 0.15) is 29.8 Å². The van der Waals surface area contributed by atoms with Gasteiger partial charge in [0.2, 0.25) is 0 Å². The van der Waals surface area contributed by atoms with E-state index in [4.69, 9.17) is 9.84 Å². The summed E-state index contributed by atoms with van der Waals surface area (Å²) in [5.74, 6) is -0.374. The molecule has 2 aromatic carbocycles. The maximum Gasteiger partial charge on any atom is 0.335 e. The van der Waals surface area contributed by atoms with Gasteiger partial charge in [0.15, 0.2) is 5.17 Å². The van der Waals surface area contributed by atoms with Crippen molar-refractivity contribution in [3.63, 3.8) is 0 Å². The lowest BCUT2D eigenvalue weighted by atomic mass is 10.2. The van der Waals surface area contributed by atoms with Gasteiger partial charge in [-0.15, -0.1) is 0 Å². The molecular formula is C21H20N2O4S. The largest absolute Gasteiger partial charge is 0.493 e. The monoisotopic (exact) mass is 396 g/mol. The van der Waals surface area contributed by atoms with Crippen LogP contribution < -0.4 is 4.74 Å². The second kappa shape index (κ2) is 8.75. The fourth-order valence-electron chi connectivity index (χ4n) is 2.69. The predicted octanol–water partition coefficient (Wildman–Crippen LogP) is 4.41. The summed E-state index contributed by atoms with van der Waals surface area (Å²) in [5.41, 5.74) is 1.62. The van der Waals surface area contributed by atoms with E-state index in [9.17, 15) is 9.59 Å². The highest BCUT2D eigenvalue weighted by atomic mass is 32.2. The normalized spacial score (nSPS) is 16.8. The first kappa shape index (κ1) is 19.7. The average molecular weight is 396 g/mol. The zero-order valence-corrected chi connectivity index (χ0v) is 16.4. The maximum absolute atomic E-state index is 12.8. The molecule has 0 atom stereocenters. The molecule has 28 heavy (non-hydrogen) atoms. The number of nitrogens with zero attached hydrogens (tertiary/aromatic N) is 2. The Bertz CT molecular complexity index is 951. The Kier molecular flexibility index (Phi) is 6.16. The molecule has 7 heteroatoms. The quantitative estimate of drug-likeness (QED) is 0.732. The van der Waals surface area contributed by atoms with Gasteiger partial charge in [0.25, 0.3) is 5.91 Å². The van der Waals surface area contributed by atoms with E-state index in [-0.39, 0.29) is 11.5 Å². The number of aromatic carboxylic acids is 1. The molecule has 1 saturated heterocycles. The summed E-state index contributed by atoms with van der Waals surface area (Å²) in [7, 11) is 0. The molecule has 0 spiro atoms. The van der Waals surface area contributed by atoms with Crippen LogP contribution in [0.2, 0.25) is 0 Å². The van der Waals surface area contributed by atoms with Crippen LogP contribution >= 0.6 is 11.8 Å². The van der Waals surface area contributed by atoms with E-state index in [1.807, 2.05) is 44.2 Å². The molecule has 1 aliphatic rings. The molecule has 1 aliphatic heterocycles. The third kappa shape index (κ3) is 4.26. The molecular weight excluding hydrogens is 376 g/mol. The number of ether oxygens (including phenoxy) is 1. The number of carboxylic acids is 1. The lowest BCUT2D eigenvalue weighted by Gasteiger charge is -2.12. The molecule has 0 aliphatic carbocycles. The number of hydrogen-bond acceptors (Lipinski definition) is 5. The van der Waals surface area contributed by atoms with E-state index in [2.05, 4.69) is 4.99 Å². The van der Waals surface area contributed by atoms with Crippen molar-refractivity contribution in [1.82, 2.24) is 4.90 Å². The van der Waals surface area contributed by atoms with E-state index in [1.165, 1.54) is 23.9 Å². The SMILES string of the molecule is CCOc1ccccc1/C=C1\SC(=Nc2ccc(C(=O)O)cc2)N(CC)C1=O. The van der Waals surface area contributed by atoms with Gasteiger partial charge >= 0.3 is 5.97 Å². The van der Waals surface area contributed by atoms with Crippen molar-refractivity contribution < 1.29 is 19.4 Å². The number of amides is 1.